The average molecular weight is 272 g/mol. The molecule has 0 fully saturated rings. The van der Waals surface area contributed by atoms with Gasteiger partial charge in [0, 0.05) is 13.5 Å². The van der Waals surface area contributed by atoms with Crippen molar-refractivity contribution in [3.63, 3.8) is 0 Å². The van der Waals surface area contributed by atoms with E-state index in [1.807, 2.05) is 30.3 Å². The predicted octanol–water partition coefficient (Wildman–Crippen LogP) is 2.93. The van der Waals surface area contributed by atoms with Gasteiger partial charge in [0.2, 0.25) is 5.91 Å². The lowest BCUT2D eigenvalue weighted by Crippen LogP contribution is -2.39. The summed E-state index contributed by atoms with van der Waals surface area (Å²) in [6, 6.07) is 16.0. The highest BCUT2D eigenvalue weighted by Gasteiger charge is 2.08. The van der Waals surface area contributed by atoms with Gasteiger partial charge in [0.05, 0.1) is 5.69 Å². The summed E-state index contributed by atoms with van der Waals surface area (Å²) >= 11 is 0. The largest absolute Gasteiger partial charge is 0.289 e. The Kier molecular flexibility index (Phi) is 4.71. The lowest BCUT2D eigenvalue weighted by Gasteiger charge is -2.20. The third-order valence-corrected chi connectivity index (χ3v) is 3.02. The molecule has 2 aromatic carbocycles. The van der Waals surface area contributed by atoms with E-state index in [0.717, 1.165) is 5.69 Å². The molecule has 0 aromatic heterocycles. The van der Waals surface area contributed by atoms with E-state index >= 15 is 0 Å². The minimum absolute atomic E-state index is 0.139. The summed E-state index contributed by atoms with van der Waals surface area (Å²) in [6.07, 6.45) is 0.638. The summed E-state index contributed by atoms with van der Waals surface area (Å²) in [4.78, 5) is 11.8. The topological polar surface area (TPSA) is 32.3 Å². The molecule has 0 aliphatic carbocycles. The van der Waals surface area contributed by atoms with Gasteiger partial charge in [0.15, 0.2) is 0 Å². The van der Waals surface area contributed by atoms with Crippen molar-refractivity contribution in [1.29, 1.82) is 0 Å². The Morgan fingerprint density at radius 1 is 1.10 bits per heavy atom. The maximum atomic E-state index is 13.4. The number of nitrogens with zero attached hydrogens (tertiary/aromatic N) is 1. The average Bonchev–Trinajstić information content (AvgIpc) is 2.47. The van der Waals surface area contributed by atoms with E-state index in [0.29, 0.717) is 12.0 Å². The zero-order valence-corrected chi connectivity index (χ0v) is 11.3. The van der Waals surface area contributed by atoms with Crippen LogP contribution in [0.25, 0.3) is 0 Å². The molecule has 1 N–H and O–H groups in total. The molecule has 0 bridgehead atoms. The van der Waals surface area contributed by atoms with Crippen LogP contribution in [-0.4, -0.2) is 13.0 Å². The molecule has 104 valence electrons. The lowest BCUT2D eigenvalue weighted by atomic mass is 10.1. The van der Waals surface area contributed by atoms with Crippen molar-refractivity contribution in [2.45, 2.75) is 12.8 Å². The minimum atomic E-state index is -0.267. The monoisotopic (exact) mass is 272 g/mol. The van der Waals surface area contributed by atoms with E-state index in [4.69, 9.17) is 0 Å². The van der Waals surface area contributed by atoms with E-state index in [9.17, 15) is 9.18 Å². The number of hydrogen-bond acceptors (Lipinski definition) is 2. The number of aryl methyl sites for hydroxylation is 1. The van der Waals surface area contributed by atoms with Gasteiger partial charge in [-0.15, -0.1) is 0 Å². The summed E-state index contributed by atoms with van der Waals surface area (Å²) in [7, 11) is 1.77. The lowest BCUT2D eigenvalue weighted by molar-refractivity contribution is -0.121. The van der Waals surface area contributed by atoms with Crippen molar-refractivity contribution in [3.8, 4) is 0 Å². The molecule has 4 heteroatoms. The Hall–Kier alpha value is -2.36. The highest BCUT2D eigenvalue weighted by Crippen LogP contribution is 2.10. The number of benzene rings is 2. The molecule has 0 unspecified atom stereocenters. The first kappa shape index (κ1) is 14.1. The van der Waals surface area contributed by atoms with Crippen LogP contribution in [0.2, 0.25) is 0 Å². The number of carbonyl (C=O) groups is 1. The number of rotatable bonds is 5. The molecule has 0 aliphatic rings. The highest BCUT2D eigenvalue weighted by molar-refractivity contribution is 5.78. The van der Waals surface area contributed by atoms with E-state index in [1.54, 1.807) is 30.3 Å². The maximum absolute atomic E-state index is 13.4. The first-order chi connectivity index (χ1) is 9.66. The number of hydrogen-bond donors (Lipinski definition) is 1. The fraction of sp³-hybridized carbons (Fsp3) is 0.188. The van der Waals surface area contributed by atoms with Crippen LogP contribution in [0.4, 0.5) is 10.1 Å². The predicted molar refractivity (Wildman–Crippen MR) is 77.7 cm³/mol. The number of amides is 1. The number of nitrogens with one attached hydrogen (secondary N) is 1. The minimum Gasteiger partial charge on any atom is -0.289 e. The van der Waals surface area contributed by atoms with Crippen LogP contribution in [0, 0.1) is 5.82 Å². The molecular weight excluding hydrogens is 255 g/mol. The Balaban J connectivity index is 1.86. The SMILES string of the molecule is CN(NC(=O)CCc1ccccc1F)c1ccccc1. The van der Waals surface area contributed by atoms with E-state index < -0.39 is 0 Å². The first-order valence-corrected chi connectivity index (χ1v) is 6.48. The second-order valence-electron chi connectivity index (χ2n) is 4.52. The van der Waals surface area contributed by atoms with Crippen LogP contribution in [0.1, 0.15) is 12.0 Å². The van der Waals surface area contributed by atoms with Crippen LogP contribution in [-0.2, 0) is 11.2 Å². The van der Waals surface area contributed by atoms with Crippen molar-refractivity contribution >= 4 is 11.6 Å². The number of carbonyl (C=O) groups excluding carboxylic acids is 1. The van der Waals surface area contributed by atoms with Crippen molar-refractivity contribution in [3.05, 3.63) is 66.0 Å². The zero-order valence-electron chi connectivity index (χ0n) is 11.3. The van der Waals surface area contributed by atoms with E-state index in [-0.39, 0.29) is 18.1 Å². The molecule has 0 spiro atoms. The third-order valence-electron chi connectivity index (χ3n) is 3.02. The fourth-order valence-electron chi connectivity index (χ4n) is 1.91. The van der Waals surface area contributed by atoms with E-state index in [2.05, 4.69) is 5.43 Å². The summed E-state index contributed by atoms with van der Waals surface area (Å²) in [5.74, 6) is -0.406. The van der Waals surface area contributed by atoms with Crippen LogP contribution >= 0.6 is 0 Å². The zero-order chi connectivity index (χ0) is 14.4. The standard InChI is InChI=1S/C16H17FN2O/c1-19(14-8-3-2-4-9-14)18-16(20)12-11-13-7-5-6-10-15(13)17/h2-10H,11-12H2,1H3,(H,18,20). The Morgan fingerprint density at radius 2 is 1.75 bits per heavy atom. The fourth-order valence-corrected chi connectivity index (χ4v) is 1.91. The molecule has 2 aromatic rings. The summed E-state index contributed by atoms with van der Waals surface area (Å²) in [6.45, 7) is 0. The molecule has 0 aliphatic heterocycles. The summed E-state index contributed by atoms with van der Waals surface area (Å²) in [5.41, 5.74) is 4.21. The summed E-state index contributed by atoms with van der Waals surface area (Å²) in [5, 5.41) is 1.66. The molecule has 0 saturated carbocycles. The van der Waals surface area contributed by atoms with Crippen LogP contribution in [0.5, 0.6) is 0 Å². The third kappa shape index (κ3) is 3.82. The van der Waals surface area contributed by atoms with Crippen molar-refractivity contribution < 1.29 is 9.18 Å². The summed E-state index contributed by atoms with van der Waals surface area (Å²) < 4.78 is 13.4. The molecule has 0 heterocycles. The van der Waals surface area contributed by atoms with Crippen LogP contribution in [0.3, 0.4) is 0 Å². The second kappa shape index (κ2) is 6.70. The molecular formula is C16H17FN2O. The van der Waals surface area contributed by atoms with E-state index in [1.165, 1.54) is 6.07 Å². The van der Waals surface area contributed by atoms with Gasteiger partial charge in [0.1, 0.15) is 5.82 Å². The Morgan fingerprint density at radius 3 is 2.45 bits per heavy atom. The number of anilines is 1. The molecule has 2 rings (SSSR count). The van der Waals surface area contributed by atoms with Gasteiger partial charge >= 0.3 is 0 Å². The first-order valence-electron chi connectivity index (χ1n) is 6.48. The molecule has 0 saturated heterocycles. The van der Waals surface area contributed by atoms with Gasteiger partial charge in [-0.3, -0.25) is 15.2 Å². The van der Waals surface area contributed by atoms with Gasteiger partial charge in [-0.05, 0) is 30.2 Å². The van der Waals surface area contributed by atoms with Crippen molar-refractivity contribution in [2.75, 3.05) is 12.1 Å². The second-order valence-corrected chi connectivity index (χ2v) is 4.52. The van der Waals surface area contributed by atoms with Gasteiger partial charge in [0.25, 0.3) is 0 Å². The Bertz CT molecular complexity index is 572. The molecule has 1 amide bonds. The van der Waals surface area contributed by atoms with Gasteiger partial charge in [-0.2, -0.15) is 0 Å². The quantitative estimate of drug-likeness (QED) is 0.849. The van der Waals surface area contributed by atoms with Crippen molar-refractivity contribution in [1.82, 2.24) is 5.43 Å². The normalized spacial score (nSPS) is 10.1. The van der Waals surface area contributed by atoms with Crippen LogP contribution in [0.15, 0.2) is 54.6 Å². The molecule has 0 radical (unpaired) electrons. The molecule has 20 heavy (non-hydrogen) atoms. The van der Waals surface area contributed by atoms with Gasteiger partial charge < -0.3 is 0 Å². The molecule has 0 atom stereocenters. The number of hydrazine groups is 1. The maximum Gasteiger partial charge on any atom is 0.238 e. The van der Waals surface area contributed by atoms with Gasteiger partial charge in [-0.1, -0.05) is 36.4 Å². The Labute approximate surface area is 118 Å². The number of para-hydroxylation sites is 1. The van der Waals surface area contributed by atoms with Crippen LogP contribution < -0.4 is 10.4 Å². The van der Waals surface area contributed by atoms with Gasteiger partial charge in [-0.25, -0.2) is 4.39 Å². The number of halogens is 1. The van der Waals surface area contributed by atoms with Crippen molar-refractivity contribution in [2.24, 2.45) is 0 Å². The smallest absolute Gasteiger partial charge is 0.238 e. The highest BCUT2D eigenvalue weighted by atomic mass is 19.1. The molecule has 3 nitrogen and oxygen atoms in total.